The maximum Gasteiger partial charge on any atom is 0.149 e. The van der Waals surface area contributed by atoms with Crippen LogP contribution in [0.2, 0.25) is 0 Å². The Labute approximate surface area is 118 Å². The summed E-state index contributed by atoms with van der Waals surface area (Å²) in [6, 6.07) is 9.69. The Morgan fingerprint density at radius 1 is 1.35 bits per heavy atom. The molecule has 0 spiro atoms. The molecule has 2 aromatic rings. The van der Waals surface area contributed by atoms with Crippen LogP contribution in [0.3, 0.4) is 0 Å². The molecule has 0 atom stereocenters. The zero-order valence-corrected chi connectivity index (χ0v) is 11.9. The predicted molar refractivity (Wildman–Crippen MR) is 78.4 cm³/mol. The number of nitrogens with zero attached hydrogens (tertiary/aromatic N) is 2. The number of carbonyl (C=O) groups excluding carboxylic acids is 1. The third-order valence-corrected chi connectivity index (χ3v) is 4.19. The number of hydrogen-bond donors (Lipinski definition) is 1. The average Bonchev–Trinajstić information content (AvgIpc) is 3.14. The number of rotatable bonds is 4. The predicted octanol–water partition coefficient (Wildman–Crippen LogP) is 2.15. The minimum Gasteiger partial charge on any atom is -0.399 e. The highest BCUT2D eigenvalue weighted by atomic mass is 16.1. The highest BCUT2D eigenvalue weighted by Crippen LogP contribution is 2.49. The molecule has 0 unspecified atom stereocenters. The second-order valence-electron chi connectivity index (χ2n) is 5.70. The van der Waals surface area contributed by atoms with Gasteiger partial charge < -0.3 is 5.73 Å². The summed E-state index contributed by atoms with van der Waals surface area (Å²) in [4.78, 5) is 12.7. The SMILES string of the molecule is Cc1cc(CC(=O)C2(c3ccc(N)cc3)CC2)n(C)n1. The monoisotopic (exact) mass is 269 g/mol. The molecule has 4 nitrogen and oxygen atoms in total. The summed E-state index contributed by atoms with van der Waals surface area (Å²) >= 11 is 0. The van der Waals surface area contributed by atoms with Gasteiger partial charge in [0.1, 0.15) is 5.78 Å². The fraction of sp³-hybridized carbons (Fsp3) is 0.375. The van der Waals surface area contributed by atoms with Gasteiger partial charge in [-0.05, 0) is 43.5 Å². The summed E-state index contributed by atoms with van der Waals surface area (Å²) in [5, 5.41) is 4.30. The van der Waals surface area contributed by atoms with Crippen molar-refractivity contribution in [2.75, 3.05) is 5.73 Å². The first-order valence-corrected chi connectivity index (χ1v) is 6.90. The molecule has 1 saturated carbocycles. The second-order valence-corrected chi connectivity index (χ2v) is 5.70. The van der Waals surface area contributed by atoms with Gasteiger partial charge in [-0.25, -0.2) is 0 Å². The molecule has 1 aliphatic rings. The van der Waals surface area contributed by atoms with Crippen LogP contribution in [-0.4, -0.2) is 15.6 Å². The molecular formula is C16H19N3O. The van der Waals surface area contributed by atoms with Crippen molar-refractivity contribution in [1.29, 1.82) is 0 Å². The number of aryl methyl sites for hydroxylation is 2. The minimum absolute atomic E-state index is 0.283. The Balaban J connectivity index is 1.83. The lowest BCUT2D eigenvalue weighted by Gasteiger charge is -2.14. The summed E-state index contributed by atoms with van der Waals surface area (Å²) in [6.07, 6.45) is 2.32. The second kappa shape index (κ2) is 4.47. The van der Waals surface area contributed by atoms with Gasteiger partial charge in [0.25, 0.3) is 0 Å². The van der Waals surface area contributed by atoms with E-state index in [1.54, 1.807) is 4.68 Å². The average molecular weight is 269 g/mol. The van der Waals surface area contributed by atoms with Gasteiger partial charge in [0.2, 0.25) is 0 Å². The summed E-state index contributed by atoms with van der Waals surface area (Å²) in [5.41, 5.74) is 9.19. The molecule has 3 rings (SSSR count). The highest BCUT2D eigenvalue weighted by Gasteiger charge is 2.50. The number of nitrogens with two attached hydrogens (primary N) is 1. The Morgan fingerprint density at radius 2 is 2.00 bits per heavy atom. The van der Waals surface area contributed by atoms with E-state index in [1.807, 2.05) is 44.3 Å². The van der Waals surface area contributed by atoms with Gasteiger partial charge in [0.05, 0.1) is 11.1 Å². The van der Waals surface area contributed by atoms with Crippen LogP contribution in [0.5, 0.6) is 0 Å². The first kappa shape index (κ1) is 12.9. The molecule has 0 radical (unpaired) electrons. The number of hydrogen-bond acceptors (Lipinski definition) is 3. The van der Waals surface area contributed by atoms with E-state index >= 15 is 0 Å². The van der Waals surface area contributed by atoms with Crippen molar-refractivity contribution in [3.05, 3.63) is 47.3 Å². The number of nitrogen functional groups attached to an aromatic ring is 1. The molecule has 1 heterocycles. The third kappa shape index (κ3) is 2.11. The van der Waals surface area contributed by atoms with Crippen molar-refractivity contribution in [2.24, 2.45) is 7.05 Å². The van der Waals surface area contributed by atoms with Gasteiger partial charge in [-0.2, -0.15) is 5.10 Å². The molecule has 2 N–H and O–H groups in total. The quantitative estimate of drug-likeness (QED) is 0.865. The van der Waals surface area contributed by atoms with Gasteiger partial charge in [-0.1, -0.05) is 12.1 Å². The minimum atomic E-state index is -0.286. The van der Waals surface area contributed by atoms with Crippen molar-refractivity contribution in [3.8, 4) is 0 Å². The van der Waals surface area contributed by atoms with E-state index in [9.17, 15) is 4.79 Å². The van der Waals surface area contributed by atoms with Gasteiger partial charge in [0.15, 0.2) is 0 Å². The summed E-state index contributed by atoms with van der Waals surface area (Å²) in [5.74, 6) is 0.283. The third-order valence-electron chi connectivity index (χ3n) is 4.19. The van der Waals surface area contributed by atoms with E-state index in [1.165, 1.54) is 0 Å². The lowest BCUT2D eigenvalue weighted by molar-refractivity contribution is -0.120. The molecule has 0 aliphatic heterocycles. The van der Waals surface area contributed by atoms with E-state index in [0.29, 0.717) is 6.42 Å². The van der Waals surface area contributed by atoms with E-state index in [-0.39, 0.29) is 11.2 Å². The van der Waals surface area contributed by atoms with Crippen LogP contribution >= 0.6 is 0 Å². The van der Waals surface area contributed by atoms with E-state index in [2.05, 4.69) is 5.10 Å². The van der Waals surface area contributed by atoms with Crippen LogP contribution in [0.4, 0.5) is 5.69 Å². The largest absolute Gasteiger partial charge is 0.399 e. The number of aromatic nitrogens is 2. The normalized spacial score (nSPS) is 16.1. The van der Waals surface area contributed by atoms with E-state index in [0.717, 1.165) is 35.5 Å². The van der Waals surface area contributed by atoms with Crippen molar-refractivity contribution in [2.45, 2.75) is 31.6 Å². The zero-order valence-electron chi connectivity index (χ0n) is 11.9. The van der Waals surface area contributed by atoms with Crippen LogP contribution in [0.1, 0.15) is 29.8 Å². The first-order valence-electron chi connectivity index (χ1n) is 6.90. The van der Waals surface area contributed by atoms with Gasteiger partial charge in [-0.15, -0.1) is 0 Å². The number of ketones is 1. The fourth-order valence-corrected chi connectivity index (χ4v) is 2.82. The maximum atomic E-state index is 12.7. The molecule has 0 saturated heterocycles. The molecule has 104 valence electrons. The van der Waals surface area contributed by atoms with Crippen LogP contribution < -0.4 is 5.73 Å². The smallest absolute Gasteiger partial charge is 0.149 e. The van der Waals surface area contributed by atoms with Crippen molar-refractivity contribution < 1.29 is 4.79 Å². The van der Waals surface area contributed by atoms with Crippen LogP contribution in [0, 0.1) is 6.92 Å². The van der Waals surface area contributed by atoms with Crippen LogP contribution in [-0.2, 0) is 23.7 Å². The Hall–Kier alpha value is -2.10. The van der Waals surface area contributed by atoms with Gasteiger partial charge in [-0.3, -0.25) is 9.48 Å². The lowest BCUT2D eigenvalue weighted by Crippen LogP contribution is -2.23. The van der Waals surface area contributed by atoms with E-state index in [4.69, 9.17) is 5.73 Å². The zero-order chi connectivity index (χ0) is 14.3. The standard InChI is InChI=1S/C16H19N3O/c1-11-9-14(19(2)18-11)10-15(20)16(7-8-16)12-3-5-13(17)6-4-12/h3-6,9H,7-8,10,17H2,1-2H3. The van der Waals surface area contributed by atoms with E-state index < -0.39 is 0 Å². The molecule has 4 heteroatoms. The molecule has 1 aliphatic carbocycles. The van der Waals surface area contributed by atoms with Crippen molar-refractivity contribution in [1.82, 2.24) is 9.78 Å². The molecule has 1 fully saturated rings. The van der Waals surface area contributed by atoms with Crippen LogP contribution in [0.25, 0.3) is 0 Å². The molecule has 1 aromatic carbocycles. The maximum absolute atomic E-state index is 12.7. The summed E-state index contributed by atoms with van der Waals surface area (Å²) in [6.45, 7) is 1.95. The van der Waals surface area contributed by atoms with Crippen molar-refractivity contribution >= 4 is 11.5 Å². The number of carbonyl (C=O) groups is 1. The Bertz CT molecular complexity index is 651. The molecule has 0 bridgehead atoms. The summed E-state index contributed by atoms with van der Waals surface area (Å²) < 4.78 is 1.80. The fourth-order valence-electron chi connectivity index (χ4n) is 2.82. The molecule has 0 amide bonds. The van der Waals surface area contributed by atoms with Gasteiger partial charge in [0, 0.05) is 24.8 Å². The Kier molecular flexibility index (Phi) is 2.89. The lowest BCUT2D eigenvalue weighted by atomic mass is 9.89. The number of anilines is 1. The number of Topliss-reactive ketones (excluding diaryl/α,β-unsaturated/α-hetero) is 1. The van der Waals surface area contributed by atoms with Crippen LogP contribution in [0.15, 0.2) is 30.3 Å². The Morgan fingerprint density at radius 3 is 2.50 bits per heavy atom. The summed E-state index contributed by atoms with van der Waals surface area (Å²) in [7, 11) is 1.89. The molecule has 20 heavy (non-hydrogen) atoms. The number of benzene rings is 1. The first-order chi connectivity index (χ1) is 9.51. The molecule has 1 aromatic heterocycles. The topological polar surface area (TPSA) is 60.9 Å². The van der Waals surface area contributed by atoms with Gasteiger partial charge >= 0.3 is 0 Å². The highest BCUT2D eigenvalue weighted by molar-refractivity contribution is 5.94. The van der Waals surface area contributed by atoms with Crippen molar-refractivity contribution in [3.63, 3.8) is 0 Å². The molecular weight excluding hydrogens is 250 g/mol.